The number of benzene rings is 1. The fourth-order valence-electron chi connectivity index (χ4n) is 4.40. The van der Waals surface area contributed by atoms with E-state index in [1.54, 1.807) is 12.1 Å². The van der Waals surface area contributed by atoms with Gasteiger partial charge in [-0.2, -0.15) is 8.42 Å². The maximum absolute atomic E-state index is 12.3. The minimum absolute atomic E-state index is 0.0151. The van der Waals surface area contributed by atoms with E-state index in [0.29, 0.717) is 32.9 Å². The van der Waals surface area contributed by atoms with E-state index in [0.717, 1.165) is 15.8 Å². The molecule has 3 aromatic rings. The summed E-state index contributed by atoms with van der Waals surface area (Å²) >= 11 is 8.15. The molecule has 196 valence electrons. The normalized spacial score (nSPS) is 17.6. The number of pyridine rings is 1. The quantitative estimate of drug-likeness (QED) is 0.317. The lowest BCUT2D eigenvalue weighted by Gasteiger charge is -2.18. The molecule has 37 heavy (non-hydrogen) atoms. The number of aryl methyl sites for hydroxylation is 1. The van der Waals surface area contributed by atoms with Crippen molar-refractivity contribution in [3.63, 3.8) is 0 Å². The van der Waals surface area contributed by atoms with Crippen molar-refractivity contribution >= 4 is 64.9 Å². The van der Waals surface area contributed by atoms with Crippen LogP contribution in [0.4, 0.5) is 0 Å². The summed E-state index contributed by atoms with van der Waals surface area (Å²) in [4.78, 5) is 31.6. The van der Waals surface area contributed by atoms with Gasteiger partial charge in [0.05, 0.1) is 34.0 Å². The first-order valence-corrected chi connectivity index (χ1v) is 16.0. The molecule has 0 unspecified atom stereocenters. The molecule has 4 heterocycles. The largest absolute Gasteiger partial charge is 0.382 e. The highest BCUT2D eigenvalue weighted by Gasteiger charge is 2.33. The number of fused-ring (bicyclic) bond motifs is 3. The molecule has 0 N–H and O–H groups in total. The van der Waals surface area contributed by atoms with Crippen molar-refractivity contribution in [2.75, 3.05) is 5.75 Å². The van der Waals surface area contributed by atoms with Crippen LogP contribution in [0.3, 0.4) is 0 Å². The Morgan fingerprint density at radius 3 is 2.38 bits per heavy atom. The van der Waals surface area contributed by atoms with E-state index in [-0.39, 0.29) is 53.5 Å². The number of aromatic nitrogens is 1. The molecule has 2 aromatic heterocycles. The van der Waals surface area contributed by atoms with Crippen molar-refractivity contribution in [2.24, 2.45) is 0 Å². The monoisotopic (exact) mass is 582 g/mol. The van der Waals surface area contributed by atoms with Crippen LogP contribution in [0.5, 0.6) is 5.75 Å². The Hall–Kier alpha value is -2.54. The van der Waals surface area contributed by atoms with Gasteiger partial charge < -0.3 is 4.18 Å². The smallest absolute Gasteiger partial charge is 0.311 e. The average molecular weight is 583 g/mol. The number of halogens is 1. The second kappa shape index (κ2) is 9.33. The zero-order valence-corrected chi connectivity index (χ0v) is 23.2. The lowest BCUT2D eigenvalue weighted by Crippen LogP contribution is -2.29. The maximum atomic E-state index is 12.3. The number of hydrogen-bond donors (Lipinski definition) is 0. The van der Waals surface area contributed by atoms with Gasteiger partial charge in [-0.05, 0) is 43.5 Å². The van der Waals surface area contributed by atoms with Gasteiger partial charge in [-0.15, -0.1) is 11.3 Å². The van der Waals surface area contributed by atoms with Crippen molar-refractivity contribution in [3.05, 3.63) is 45.4 Å². The van der Waals surface area contributed by atoms with Gasteiger partial charge in [0.1, 0.15) is 10.6 Å². The number of nitrogens with zero attached hydrogens (tertiary/aromatic N) is 2. The van der Waals surface area contributed by atoms with Gasteiger partial charge in [-0.3, -0.25) is 14.5 Å². The Balaban J connectivity index is 1.66. The summed E-state index contributed by atoms with van der Waals surface area (Å²) in [6.07, 6.45) is 0.591. The first-order valence-electron chi connectivity index (χ1n) is 11.6. The zero-order chi connectivity index (χ0) is 26.7. The lowest BCUT2D eigenvalue weighted by molar-refractivity contribution is -0.139. The summed E-state index contributed by atoms with van der Waals surface area (Å²) in [7, 11) is -7.00. The van der Waals surface area contributed by atoms with Crippen molar-refractivity contribution in [1.29, 1.82) is 0 Å². The molecule has 9 nitrogen and oxygen atoms in total. The lowest BCUT2D eigenvalue weighted by atomic mass is 9.97. The average Bonchev–Trinajstić information content (AvgIpc) is 3.32. The Kier molecular flexibility index (Phi) is 6.58. The van der Waals surface area contributed by atoms with Crippen LogP contribution in [0.25, 0.3) is 21.3 Å². The number of sulfone groups is 1. The predicted molar refractivity (Wildman–Crippen MR) is 141 cm³/mol. The highest BCUT2D eigenvalue weighted by atomic mass is 35.5. The molecule has 0 saturated carbocycles. The Bertz CT molecular complexity index is 1640. The van der Waals surface area contributed by atoms with Crippen LogP contribution >= 0.6 is 22.9 Å². The fraction of sp³-hybridized carbons (Fsp3) is 0.375. The fourth-order valence-corrected chi connectivity index (χ4v) is 8.33. The molecule has 0 atom stereocenters. The number of likely N-dealkylation sites (tertiary alicyclic amines) is 1. The molecule has 0 bridgehead atoms. The number of amides is 2. The highest BCUT2D eigenvalue weighted by Crippen LogP contribution is 2.45. The van der Waals surface area contributed by atoms with Gasteiger partial charge in [0.15, 0.2) is 9.84 Å². The van der Waals surface area contributed by atoms with Gasteiger partial charge in [0.25, 0.3) is 0 Å². The molecular weight excluding hydrogens is 560 g/mol. The van der Waals surface area contributed by atoms with Gasteiger partial charge in [0.2, 0.25) is 11.8 Å². The molecule has 2 aliphatic heterocycles. The number of carbonyl (C=O) groups excluding carboxylic acids is 2. The predicted octanol–water partition coefficient (Wildman–Crippen LogP) is 3.85. The number of imide groups is 1. The van der Waals surface area contributed by atoms with E-state index in [9.17, 15) is 26.4 Å². The standard InChI is InChI=1S/C24H23ClN2O7S3/c1-13(2)37(32,33)34-15-5-3-14(4-6-15)21-22-16-9-10-36(30,31)12-18(16)35-24(22)26-17(23(21)25)11-27-19(28)7-8-20(27)29/h3-6,13H,7-12H2,1-2H3. The van der Waals surface area contributed by atoms with Crippen molar-refractivity contribution in [3.8, 4) is 16.9 Å². The number of rotatable bonds is 6. The third-order valence-corrected chi connectivity index (χ3v) is 11.3. The summed E-state index contributed by atoms with van der Waals surface area (Å²) in [6.45, 7) is 2.96. The zero-order valence-electron chi connectivity index (χ0n) is 20.0. The number of carbonyl (C=O) groups is 2. The molecule has 2 aliphatic rings. The van der Waals surface area contributed by atoms with Crippen LogP contribution in [0.2, 0.25) is 5.02 Å². The second-order valence-electron chi connectivity index (χ2n) is 9.30. The molecule has 0 spiro atoms. The van der Waals surface area contributed by atoms with E-state index in [2.05, 4.69) is 4.98 Å². The summed E-state index contributed by atoms with van der Waals surface area (Å²) in [5.74, 6) is -0.520. The third kappa shape index (κ3) is 4.87. The minimum atomic E-state index is -3.78. The SMILES string of the molecule is CC(C)S(=O)(=O)Oc1ccc(-c2c(Cl)c(CN3C(=O)CCC3=O)nc3sc4c(c23)CCS(=O)(=O)C4)cc1. The van der Waals surface area contributed by atoms with Crippen LogP contribution in [0.15, 0.2) is 24.3 Å². The van der Waals surface area contributed by atoms with Crippen molar-refractivity contribution < 1.29 is 30.6 Å². The number of thiophene rings is 1. The van der Waals surface area contributed by atoms with Crippen LogP contribution in [0, 0.1) is 0 Å². The highest BCUT2D eigenvalue weighted by molar-refractivity contribution is 7.90. The maximum Gasteiger partial charge on any atom is 0.311 e. The van der Waals surface area contributed by atoms with Gasteiger partial charge in [-0.25, -0.2) is 13.4 Å². The first-order chi connectivity index (χ1) is 17.4. The molecular formula is C24H23ClN2O7S3. The Labute approximate surface area is 223 Å². The van der Waals surface area contributed by atoms with E-state index >= 15 is 0 Å². The summed E-state index contributed by atoms with van der Waals surface area (Å²) < 4.78 is 54.1. The minimum Gasteiger partial charge on any atom is -0.382 e. The molecule has 5 rings (SSSR count). The van der Waals surface area contributed by atoms with Gasteiger partial charge in [0, 0.05) is 28.7 Å². The van der Waals surface area contributed by atoms with Crippen molar-refractivity contribution in [2.45, 2.75) is 50.7 Å². The number of hydrogen-bond acceptors (Lipinski definition) is 9. The summed E-state index contributed by atoms with van der Waals surface area (Å²) in [6, 6.07) is 6.39. The van der Waals surface area contributed by atoms with Gasteiger partial charge in [-0.1, -0.05) is 23.7 Å². The Morgan fingerprint density at radius 2 is 1.76 bits per heavy atom. The van der Waals surface area contributed by atoms with Crippen LogP contribution in [0.1, 0.15) is 42.8 Å². The molecule has 1 saturated heterocycles. The molecule has 0 aliphatic carbocycles. The molecule has 13 heteroatoms. The second-order valence-corrected chi connectivity index (χ2v) is 15.0. The first kappa shape index (κ1) is 26.1. The van der Waals surface area contributed by atoms with Crippen LogP contribution < -0.4 is 4.18 Å². The van der Waals surface area contributed by atoms with Crippen molar-refractivity contribution in [1.82, 2.24) is 9.88 Å². The van der Waals surface area contributed by atoms with Gasteiger partial charge >= 0.3 is 10.1 Å². The Morgan fingerprint density at radius 1 is 1.11 bits per heavy atom. The summed E-state index contributed by atoms with van der Waals surface area (Å²) in [5.41, 5.74) is 2.43. The molecule has 1 fully saturated rings. The topological polar surface area (TPSA) is 128 Å². The van der Waals surface area contributed by atoms with E-state index in [1.807, 2.05) is 0 Å². The molecule has 2 amide bonds. The molecule has 1 aromatic carbocycles. The van der Waals surface area contributed by atoms with Crippen LogP contribution in [-0.4, -0.2) is 49.5 Å². The van der Waals surface area contributed by atoms with Crippen LogP contribution in [-0.2, 0) is 48.3 Å². The van der Waals surface area contributed by atoms with E-state index in [4.69, 9.17) is 15.8 Å². The van der Waals surface area contributed by atoms with E-state index in [1.165, 1.54) is 37.3 Å². The summed E-state index contributed by atoms with van der Waals surface area (Å²) in [5, 5.41) is 0.261. The van der Waals surface area contributed by atoms with E-state index < -0.39 is 25.2 Å². The third-order valence-electron chi connectivity index (χ3n) is 6.44. The molecule has 0 radical (unpaired) electrons.